The number of halogens is 1. The summed E-state index contributed by atoms with van der Waals surface area (Å²) in [6, 6.07) is 19.4. The normalized spacial score (nSPS) is 17.3. The maximum atomic E-state index is 12.4. The van der Waals surface area contributed by atoms with E-state index in [0.717, 1.165) is 57.7 Å². The van der Waals surface area contributed by atoms with E-state index in [1.165, 1.54) is 36.8 Å². The third-order valence-electron chi connectivity index (χ3n) is 6.85. The van der Waals surface area contributed by atoms with E-state index in [1.54, 1.807) is 0 Å². The summed E-state index contributed by atoms with van der Waals surface area (Å²) < 4.78 is 5.58. The summed E-state index contributed by atoms with van der Waals surface area (Å²) in [6.45, 7) is 8.72. The number of unbranched alkanes of at least 4 members (excludes halogenated alkanes) is 4. The van der Waals surface area contributed by atoms with E-state index in [4.69, 9.17) is 4.74 Å². The van der Waals surface area contributed by atoms with E-state index in [1.807, 2.05) is 0 Å². The van der Waals surface area contributed by atoms with Gasteiger partial charge < -0.3 is 9.84 Å². The number of rotatable bonds is 12. The summed E-state index contributed by atoms with van der Waals surface area (Å²) in [4.78, 5) is 2.46. The van der Waals surface area contributed by atoms with Gasteiger partial charge >= 0.3 is 0 Å². The van der Waals surface area contributed by atoms with Crippen molar-refractivity contribution in [2.75, 3.05) is 32.8 Å². The molecule has 32 heavy (non-hydrogen) atoms. The van der Waals surface area contributed by atoms with Gasteiger partial charge in [-0.3, -0.25) is 4.90 Å². The minimum absolute atomic E-state index is 0. The summed E-state index contributed by atoms with van der Waals surface area (Å²) in [5, 5.41) is 12.4. The minimum atomic E-state index is -0.877. The Morgan fingerprint density at radius 3 is 2.19 bits per heavy atom. The Balaban J connectivity index is 0.00000363. The summed E-state index contributed by atoms with van der Waals surface area (Å²) in [6.07, 6.45) is 7.82. The van der Waals surface area contributed by atoms with Crippen molar-refractivity contribution in [1.82, 2.24) is 4.90 Å². The van der Waals surface area contributed by atoms with Crippen LogP contribution in [0.1, 0.15) is 75.0 Å². The molecule has 0 aromatic heterocycles. The van der Waals surface area contributed by atoms with Crippen molar-refractivity contribution < 1.29 is 9.84 Å². The van der Waals surface area contributed by atoms with Crippen molar-refractivity contribution in [2.24, 2.45) is 0 Å². The Bertz CT molecular complexity index is 746. The third kappa shape index (κ3) is 7.31. The number of aryl methyl sites for hydroxylation is 1. The zero-order chi connectivity index (χ0) is 21.9. The van der Waals surface area contributed by atoms with Crippen molar-refractivity contribution in [1.29, 1.82) is 0 Å². The molecule has 2 atom stereocenters. The van der Waals surface area contributed by atoms with Crippen LogP contribution in [-0.2, 0) is 16.8 Å². The Morgan fingerprint density at radius 2 is 1.56 bits per heavy atom. The fourth-order valence-electron chi connectivity index (χ4n) is 4.81. The molecule has 0 amide bonds. The number of aliphatic hydroxyl groups is 1. The topological polar surface area (TPSA) is 32.7 Å². The molecular formula is C28H42ClNO2. The molecule has 4 heteroatoms. The van der Waals surface area contributed by atoms with Gasteiger partial charge in [-0.2, -0.15) is 0 Å². The Labute approximate surface area is 201 Å². The average molecular weight is 460 g/mol. The zero-order valence-electron chi connectivity index (χ0n) is 20.0. The summed E-state index contributed by atoms with van der Waals surface area (Å²) >= 11 is 0. The quantitative estimate of drug-likeness (QED) is 0.376. The summed E-state index contributed by atoms with van der Waals surface area (Å²) in [7, 11) is 0. The molecular weight excluding hydrogens is 418 g/mol. The molecule has 1 saturated heterocycles. The van der Waals surface area contributed by atoms with E-state index < -0.39 is 5.60 Å². The standard InChI is InChI=1S/C28H41NO2.ClH/c1-3-5-6-7-11-18-28(30,26-16-14-24(4-2)15-17-26)27(25-12-9-8-10-13-25)23-29-19-21-31-22-20-29;/h8-10,12-17,27,30H,3-7,11,18-23H2,1-2H3;1H. The molecule has 1 N–H and O–H groups in total. The highest BCUT2D eigenvalue weighted by atomic mass is 35.5. The summed E-state index contributed by atoms with van der Waals surface area (Å²) in [5.41, 5.74) is 2.73. The smallest absolute Gasteiger partial charge is 0.0977 e. The zero-order valence-corrected chi connectivity index (χ0v) is 20.8. The summed E-state index contributed by atoms with van der Waals surface area (Å²) in [5.74, 6) is 0.0328. The van der Waals surface area contributed by atoms with Gasteiger partial charge in [-0.25, -0.2) is 0 Å². The number of hydrogen-bond donors (Lipinski definition) is 1. The molecule has 1 aliphatic rings. The third-order valence-corrected chi connectivity index (χ3v) is 6.85. The van der Waals surface area contributed by atoms with Gasteiger partial charge in [0.05, 0.1) is 18.8 Å². The molecule has 3 nitrogen and oxygen atoms in total. The molecule has 2 aromatic rings. The number of benzene rings is 2. The second kappa shape index (κ2) is 14.0. The number of nitrogens with zero attached hydrogens (tertiary/aromatic N) is 1. The monoisotopic (exact) mass is 459 g/mol. The molecule has 1 aliphatic heterocycles. The van der Waals surface area contributed by atoms with Crippen molar-refractivity contribution in [2.45, 2.75) is 70.3 Å². The second-order valence-electron chi connectivity index (χ2n) is 9.02. The maximum absolute atomic E-state index is 12.4. The lowest BCUT2D eigenvalue weighted by Crippen LogP contribution is -2.45. The molecule has 0 aliphatic carbocycles. The van der Waals surface area contributed by atoms with Gasteiger partial charge in [0, 0.05) is 25.6 Å². The van der Waals surface area contributed by atoms with Gasteiger partial charge in [0.1, 0.15) is 0 Å². The molecule has 3 rings (SSSR count). The van der Waals surface area contributed by atoms with Crippen molar-refractivity contribution in [3.63, 3.8) is 0 Å². The molecule has 0 bridgehead atoms. The predicted octanol–water partition coefficient (Wildman–Crippen LogP) is 6.33. The number of ether oxygens (including phenoxy) is 1. The molecule has 0 spiro atoms. The van der Waals surface area contributed by atoms with E-state index in [9.17, 15) is 5.11 Å². The van der Waals surface area contributed by atoms with Crippen LogP contribution in [0.5, 0.6) is 0 Å². The molecule has 0 radical (unpaired) electrons. The first-order valence-electron chi connectivity index (χ1n) is 12.3. The first kappa shape index (κ1) is 26.9. The second-order valence-corrected chi connectivity index (χ2v) is 9.02. The number of morpholine rings is 1. The lowest BCUT2D eigenvalue weighted by molar-refractivity contribution is -0.0296. The van der Waals surface area contributed by atoms with Crippen molar-refractivity contribution >= 4 is 12.4 Å². The van der Waals surface area contributed by atoms with Crippen LogP contribution in [0.4, 0.5) is 0 Å². The molecule has 2 unspecified atom stereocenters. The maximum Gasteiger partial charge on any atom is 0.0977 e. The molecule has 1 fully saturated rings. The van der Waals surface area contributed by atoms with E-state index in [0.29, 0.717) is 0 Å². The number of hydrogen-bond acceptors (Lipinski definition) is 3. The van der Waals surface area contributed by atoms with Crippen molar-refractivity contribution in [3.05, 3.63) is 71.3 Å². The molecule has 0 saturated carbocycles. The van der Waals surface area contributed by atoms with Crippen LogP contribution in [-0.4, -0.2) is 42.9 Å². The van der Waals surface area contributed by atoms with Crippen LogP contribution < -0.4 is 0 Å². The van der Waals surface area contributed by atoms with E-state index in [2.05, 4.69) is 73.3 Å². The highest BCUT2D eigenvalue weighted by Gasteiger charge is 2.40. The highest BCUT2D eigenvalue weighted by Crippen LogP contribution is 2.42. The fourth-order valence-corrected chi connectivity index (χ4v) is 4.81. The average Bonchev–Trinajstić information content (AvgIpc) is 2.83. The fraction of sp³-hybridized carbons (Fsp3) is 0.571. The highest BCUT2D eigenvalue weighted by molar-refractivity contribution is 5.85. The van der Waals surface area contributed by atoms with Gasteiger partial charge in [-0.15, -0.1) is 12.4 Å². The van der Waals surface area contributed by atoms with Crippen LogP contribution >= 0.6 is 12.4 Å². The van der Waals surface area contributed by atoms with Crippen LogP contribution in [0.15, 0.2) is 54.6 Å². The van der Waals surface area contributed by atoms with E-state index in [-0.39, 0.29) is 18.3 Å². The SMILES string of the molecule is CCCCCCCC(O)(c1ccc(CC)cc1)C(CN1CCOCC1)c1ccccc1.Cl. The van der Waals surface area contributed by atoms with Crippen molar-refractivity contribution in [3.8, 4) is 0 Å². The first-order chi connectivity index (χ1) is 15.2. The van der Waals surface area contributed by atoms with Crippen LogP contribution in [0.3, 0.4) is 0 Å². The lowest BCUT2D eigenvalue weighted by Gasteiger charge is -2.41. The molecule has 178 valence electrons. The molecule has 2 aromatic carbocycles. The first-order valence-corrected chi connectivity index (χ1v) is 12.3. The van der Waals surface area contributed by atoms with Crippen LogP contribution in [0.25, 0.3) is 0 Å². The van der Waals surface area contributed by atoms with E-state index >= 15 is 0 Å². The van der Waals surface area contributed by atoms with Gasteiger partial charge in [0.25, 0.3) is 0 Å². The van der Waals surface area contributed by atoms with Crippen LogP contribution in [0.2, 0.25) is 0 Å². The van der Waals surface area contributed by atoms with Gasteiger partial charge in [-0.05, 0) is 29.5 Å². The predicted molar refractivity (Wildman–Crippen MR) is 137 cm³/mol. The molecule has 1 heterocycles. The Hall–Kier alpha value is -1.39. The van der Waals surface area contributed by atoms with Crippen LogP contribution in [0, 0.1) is 0 Å². The van der Waals surface area contributed by atoms with Gasteiger partial charge in [0.2, 0.25) is 0 Å². The minimum Gasteiger partial charge on any atom is -0.384 e. The Morgan fingerprint density at radius 1 is 0.906 bits per heavy atom. The van der Waals surface area contributed by atoms with Gasteiger partial charge in [0.15, 0.2) is 0 Å². The van der Waals surface area contributed by atoms with Gasteiger partial charge in [-0.1, -0.05) is 101 Å². The largest absolute Gasteiger partial charge is 0.384 e. The Kier molecular flexibility index (Phi) is 11.7. The lowest BCUT2D eigenvalue weighted by atomic mass is 9.73.